The molecule has 0 spiro atoms. The van der Waals surface area contributed by atoms with Crippen molar-refractivity contribution in [2.45, 2.75) is 6.92 Å². The van der Waals surface area contributed by atoms with Crippen molar-refractivity contribution in [2.75, 3.05) is 19.8 Å². The van der Waals surface area contributed by atoms with E-state index in [2.05, 4.69) is 5.32 Å². The van der Waals surface area contributed by atoms with Crippen molar-refractivity contribution < 1.29 is 23.8 Å². The SMILES string of the molecule is Cc1ccc(C(=O)NCCOCC(=O)O)o1. The number of carboxylic acid groups (broad SMARTS) is 1. The van der Waals surface area contributed by atoms with Gasteiger partial charge in [-0.05, 0) is 19.1 Å². The van der Waals surface area contributed by atoms with Gasteiger partial charge in [-0.25, -0.2) is 4.79 Å². The van der Waals surface area contributed by atoms with Gasteiger partial charge in [0.15, 0.2) is 5.76 Å². The highest BCUT2D eigenvalue weighted by Crippen LogP contribution is 2.05. The Morgan fingerprint density at radius 2 is 2.25 bits per heavy atom. The predicted octanol–water partition coefficient (Wildman–Crippen LogP) is 0.419. The summed E-state index contributed by atoms with van der Waals surface area (Å²) in [5, 5.41) is 10.8. The van der Waals surface area contributed by atoms with Crippen molar-refractivity contribution in [1.29, 1.82) is 0 Å². The maximum atomic E-state index is 11.4. The molecule has 0 aliphatic heterocycles. The number of furan rings is 1. The normalized spacial score (nSPS) is 10.1. The van der Waals surface area contributed by atoms with Crippen LogP contribution in [-0.2, 0) is 9.53 Å². The van der Waals surface area contributed by atoms with Gasteiger partial charge in [0.2, 0.25) is 0 Å². The fraction of sp³-hybridized carbons (Fsp3) is 0.400. The van der Waals surface area contributed by atoms with Crippen LogP contribution in [0, 0.1) is 6.92 Å². The Morgan fingerprint density at radius 1 is 1.50 bits per heavy atom. The third-order valence-corrected chi connectivity index (χ3v) is 1.72. The maximum Gasteiger partial charge on any atom is 0.329 e. The zero-order valence-electron chi connectivity index (χ0n) is 8.86. The molecule has 1 amide bonds. The van der Waals surface area contributed by atoms with Crippen molar-refractivity contribution >= 4 is 11.9 Å². The third kappa shape index (κ3) is 4.14. The molecule has 16 heavy (non-hydrogen) atoms. The molecule has 0 fully saturated rings. The number of nitrogens with one attached hydrogen (secondary N) is 1. The van der Waals surface area contributed by atoms with E-state index in [1.807, 2.05) is 0 Å². The molecule has 0 aliphatic rings. The first kappa shape index (κ1) is 12.3. The minimum absolute atomic E-state index is 0.151. The van der Waals surface area contributed by atoms with Gasteiger partial charge in [-0.3, -0.25) is 4.79 Å². The Labute approximate surface area is 92.2 Å². The topological polar surface area (TPSA) is 88.8 Å². The van der Waals surface area contributed by atoms with E-state index in [4.69, 9.17) is 14.3 Å². The van der Waals surface area contributed by atoms with Crippen LogP contribution in [0.15, 0.2) is 16.5 Å². The van der Waals surface area contributed by atoms with Gasteiger partial charge in [-0.1, -0.05) is 0 Å². The zero-order chi connectivity index (χ0) is 12.0. The number of carbonyl (C=O) groups is 2. The first-order valence-corrected chi connectivity index (χ1v) is 4.74. The fourth-order valence-corrected chi connectivity index (χ4v) is 1.04. The van der Waals surface area contributed by atoms with E-state index in [9.17, 15) is 9.59 Å². The smallest absolute Gasteiger partial charge is 0.329 e. The minimum Gasteiger partial charge on any atom is -0.480 e. The highest BCUT2D eigenvalue weighted by Gasteiger charge is 2.08. The van der Waals surface area contributed by atoms with Gasteiger partial charge in [0, 0.05) is 6.54 Å². The van der Waals surface area contributed by atoms with Gasteiger partial charge in [-0.2, -0.15) is 0 Å². The van der Waals surface area contributed by atoms with E-state index >= 15 is 0 Å². The van der Waals surface area contributed by atoms with Crippen LogP contribution in [0.4, 0.5) is 0 Å². The summed E-state index contributed by atoms with van der Waals surface area (Å²) in [6.07, 6.45) is 0. The average Bonchev–Trinajstić information content (AvgIpc) is 2.63. The highest BCUT2D eigenvalue weighted by atomic mass is 16.5. The van der Waals surface area contributed by atoms with Crippen LogP contribution in [0.25, 0.3) is 0 Å². The molecule has 0 saturated carbocycles. The zero-order valence-corrected chi connectivity index (χ0v) is 8.86. The number of carboxylic acids is 1. The molecule has 0 aromatic carbocycles. The summed E-state index contributed by atoms with van der Waals surface area (Å²) in [7, 11) is 0. The van der Waals surface area contributed by atoms with Crippen molar-refractivity contribution in [3.63, 3.8) is 0 Å². The van der Waals surface area contributed by atoms with Crippen LogP contribution >= 0.6 is 0 Å². The quantitative estimate of drug-likeness (QED) is 0.687. The Balaban J connectivity index is 2.18. The van der Waals surface area contributed by atoms with Crippen LogP contribution in [0.3, 0.4) is 0 Å². The number of aryl methyl sites for hydroxylation is 1. The number of carbonyl (C=O) groups excluding carboxylic acids is 1. The minimum atomic E-state index is -1.03. The second-order valence-electron chi connectivity index (χ2n) is 3.11. The van der Waals surface area contributed by atoms with Crippen molar-refractivity contribution in [1.82, 2.24) is 5.32 Å². The van der Waals surface area contributed by atoms with Crippen molar-refractivity contribution in [2.24, 2.45) is 0 Å². The second-order valence-corrected chi connectivity index (χ2v) is 3.11. The summed E-state index contributed by atoms with van der Waals surface area (Å²) in [4.78, 5) is 21.5. The van der Waals surface area contributed by atoms with Crippen molar-refractivity contribution in [3.05, 3.63) is 23.7 Å². The monoisotopic (exact) mass is 227 g/mol. The first-order valence-electron chi connectivity index (χ1n) is 4.74. The van der Waals surface area contributed by atoms with E-state index in [0.29, 0.717) is 5.76 Å². The molecule has 6 heteroatoms. The molecule has 0 saturated heterocycles. The lowest BCUT2D eigenvalue weighted by molar-refractivity contribution is -0.142. The molecule has 1 rings (SSSR count). The molecular weight excluding hydrogens is 214 g/mol. The summed E-state index contributed by atoms with van der Waals surface area (Å²) in [6, 6.07) is 3.26. The highest BCUT2D eigenvalue weighted by molar-refractivity contribution is 5.91. The number of aliphatic carboxylic acids is 1. The van der Waals surface area contributed by atoms with Crippen LogP contribution < -0.4 is 5.32 Å². The summed E-state index contributed by atoms with van der Waals surface area (Å²) in [5.41, 5.74) is 0. The third-order valence-electron chi connectivity index (χ3n) is 1.72. The lowest BCUT2D eigenvalue weighted by Gasteiger charge is -2.02. The molecule has 0 aliphatic carbocycles. The molecule has 0 radical (unpaired) electrons. The molecule has 1 heterocycles. The molecule has 2 N–H and O–H groups in total. The molecule has 0 unspecified atom stereocenters. The van der Waals surface area contributed by atoms with Crippen molar-refractivity contribution in [3.8, 4) is 0 Å². The molecule has 88 valence electrons. The van der Waals surface area contributed by atoms with Crippen LogP contribution in [0.2, 0.25) is 0 Å². The number of hydrogen-bond acceptors (Lipinski definition) is 4. The molecule has 1 aromatic heterocycles. The molecular formula is C10H13NO5. The second kappa shape index (κ2) is 5.92. The first-order chi connectivity index (χ1) is 7.59. The van der Waals surface area contributed by atoms with E-state index in [1.54, 1.807) is 19.1 Å². The lowest BCUT2D eigenvalue weighted by Crippen LogP contribution is -2.27. The van der Waals surface area contributed by atoms with E-state index in [-0.39, 0.29) is 31.4 Å². The number of ether oxygens (including phenoxy) is 1. The Bertz CT molecular complexity index is 371. The summed E-state index contributed by atoms with van der Waals surface area (Å²) < 4.78 is 9.84. The fourth-order valence-electron chi connectivity index (χ4n) is 1.04. The predicted molar refractivity (Wildman–Crippen MR) is 54.2 cm³/mol. The van der Waals surface area contributed by atoms with Crippen LogP contribution in [-0.4, -0.2) is 36.7 Å². The lowest BCUT2D eigenvalue weighted by atomic mass is 10.4. The van der Waals surface area contributed by atoms with E-state index < -0.39 is 5.97 Å². The summed E-state index contributed by atoms with van der Waals surface area (Å²) in [6.45, 7) is 1.77. The van der Waals surface area contributed by atoms with Crippen LogP contribution in [0.1, 0.15) is 16.3 Å². The van der Waals surface area contributed by atoms with Gasteiger partial charge in [-0.15, -0.1) is 0 Å². The standard InChI is InChI=1S/C10H13NO5/c1-7-2-3-8(16-7)10(14)11-4-5-15-6-9(12)13/h2-3H,4-6H2,1H3,(H,11,14)(H,12,13). The molecule has 0 bridgehead atoms. The molecule has 0 atom stereocenters. The molecule has 1 aromatic rings. The molecule has 6 nitrogen and oxygen atoms in total. The largest absolute Gasteiger partial charge is 0.480 e. The summed E-state index contributed by atoms with van der Waals surface area (Å²) in [5.74, 6) is -0.483. The van der Waals surface area contributed by atoms with Gasteiger partial charge in [0.25, 0.3) is 5.91 Å². The van der Waals surface area contributed by atoms with Gasteiger partial charge in [0.1, 0.15) is 12.4 Å². The Kier molecular flexibility index (Phi) is 4.53. The van der Waals surface area contributed by atoms with E-state index in [1.165, 1.54) is 0 Å². The number of rotatable bonds is 6. The van der Waals surface area contributed by atoms with Crippen LogP contribution in [0.5, 0.6) is 0 Å². The number of amides is 1. The summed E-state index contributed by atoms with van der Waals surface area (Å²) >= 11 is 0. The number of hydrogen-bond donors (Lipinski definition) is 2. The average molecular weight is 227 g/mol. The Morgan fingerprint density at radius 3 is 2.81 bits per heavy atom. The van der Waals surface area contributed by atoms with Gasteiger partial charge < -0.3 is 19.6 Å². The Hall–Kier alpha value is -1.82. The van der Waals surface area contributed by atoms with E-state index in [0.717, 1.165) is 0 Å². The van der Waals surface area contributed by atoms with Gasteiger partial charge in [0.05, 0.1) is 6.61 Å². The maximum absolute atomic E-state index is 11.4. The van der Waals surface area contributed by atoms with Gasteiger partial charge >= 0.3 is 5.97 Å².